The molecule has 154 valence electrons. The molecule has 0 fully saturated rings. The first-order chi connectivity index (χ1) is 13.1. The molecule has 0 saturated heterocycles. The van der Waals surface area contributed by atoms with E-state index in [9.17, 15) is 16.8 Å². The summed E-state index contributed by atoms with van der Waals surface area (Å²) in [6.07, 6.45) is 1.04. The molecule has 0 aliphatic heterocycles. The van der Waals surface area contributed by atoms with Gasteiger partial charge in [0.05, 0.1) is 23.3 Å². The van der Waals surface area contributed by atoms with Crippen molar-refractivity contribution >= 4 is 43.4 Å². The predicted molar refractivity (Wildman–Crippen MR) is 109 cm³/mol. The Morgan fingerprint density at radius 3 is 1.39 bits per heavy atom. The summed E-state index contributed by atoms with van der Waals surface area (Å²) >= 11 is 12.1. The van der Waals surface area contributed by atoms with E-state index in [-0.39, 0.29) is 33.0 Å². The van der Waals surface area contributed by atoms with Crippen molar-refractivity contribution in [2.24, 2.45) is 0 Å². The minimum atomic E-state index is -4.04. The van der Waals surface area contributed by atoms with Crippen LogP contribution >= 0.6 is 23.2 Å². The molecular weight excluding hydrogens is 447 g/mol. The van der Waals surface area contributed by atoms with Gasteiger partial charge in [0, 0.05) is 0 Å². The normalized spacial score (nSPS) is 12.3. The van der Waals surface area contributed by atoms with Gasteiger partial charge in [0.15, 0.2) is 0 Å². The lowest BCUT2D eigenvalue weighted by Gasteiger charge is -2.11. The molecular formula is C18H20Cl2O6S2. The van der Waals surface area contributed by atoms with Crippen LogP contribution in [0.15, 0.2) is 46.2 Å². The fourth-order valence-corrected chi connectivity index (χ4v) is 5.25. The number of halogens is 2. The Morgan fingerprint density at radius 1 is 0.714 bits per heavy atom. The minimum absolute atomic E-state index is 0.00735. The molecule has 28 heavy (non-hydrogen) atoms. The summed E-state index contributed by atoms with van der Waals surface area (Å²) in [4.78, 5) is -0.386. The molecule has 0 radical (unpaired) electrons. The maximum Gasteiger partial charge on any atom is 0.298 e. The van der Waals surface area contributed by atoms with Gasteiger partial charge in [0.1, 0.15) is 9.79 Å². The highest BCUT2D eigenvalue weighted by Gasteiger charge is 2.22. The van der Waals surface area contributed by atoms with Gasteiger partial charge >= 0.3 is 0 Å². The van der Waals surface area contributed by atoms with E-state index >= 15 is 0 Å². The van der Waals surface area contributed by atoms with Crippen molar-refractivity contribution in [3.05, 3.63) is 46.4 Å². The molecule has 0 heterocycles. The van der Waals surface area contributed by atoms with E-state index in [1.54, 1.807) is 26.0 Å². The zero-order valence-corrected chi connectivity index (χ0v) is 18.5. The Bertz CT molecular complexity index is 964. The molecule has 0 aromatic heterocycles. The second-order valence-electron chi connectivity index (χ2n) is 5.84. The molecule has 2 rings (SSSR count). The van der Waals surface area contributed by atoms with Gasteiger partial charge in [0.25, 0.3) is 20.2 Å². The number of hydrogen-bond acceptors (Lipinski definition) is 6. The highest BCUT2D eigenvalue weighted by molar-refractivity contribution is 7.87. The Morgan fingerprint density at radius 2 is 1.07 bits per heavy atom. The first kappa shape index (κ1) is 23.1. The molecule has 0 amide bonds. The van der Waals surface area contributed by atoms with Crippen LogP contribution in [0.2, 0.25) is 10.0 Å². The van der Waals surface area contributed by atoms with Crippen LogP contribution in [0.4, 0.5) is 0 Å². The van der Waals surface area contributed by atoms with Crippen LogP contribution in [0.1, 0.15) is 26.7 Å². The summed E-state index contributed by atoms with van der Waals surface area (Å²) in [6, 6.07) is 8.64. The van der Waals surface area contributed by atoms with Crippen molar-refractivity contribution in [3.8, 4) is 11.1 Å². The Hall–Kier alpha value is -1.16. The van der Waals surface area contributed by atoms with E-state index in [1.807, 2.05) is 0 Å². The summed E-state index contributed by atoms with van der Waals surface area (Å²) < 4.78 is 59.3. The lowest BCUT2D eigenvalue weighted by Crippen LogP contribution is -2.09. The van der Waals surface area contributed by atoms with Crippen molar-refractivity contribution < 1.29 is 25.2 Å². The summed E-state index contributed by atoms with van der Waals surface area (Å²) in [5, 5.41) is 0.0147. The van der Waals surface area contributed by atoms with E-state index in [4.69, 9.17) is 31.6 Å². The highest BCUT2D eigenvalue weighted by atomic mass is 35.5. The van der Waals surface area contributed by atoms with Gasteiger partial charge in [-0.2, -0.15) is 16.8 Å². The van der Waals surface area contributed by atoms with Gasteiger partial charge in [-0.1, -0.05) is 49.2 Å². The largest absolute Gasteiger partial charge is 0.298 e. The Labute approximate surface area is 175 Å². The number of hydrogen-bond donors (Lipinski definition) is 0. The monoisotopic (exact) mass is 466 g/mol. The number of benzene rings is 2. The predicted octanol–water partition coefficient (Wildman–Crippen LogP) is 4.89. The molecule has 0 bridgehead atoms. The van der Waals surface area contributed by atoms with Gasteiger partial charge in [-0.05, 0) is 48.2 Å². The van der Waals surface area contributed by atoms with Crippen LogP contribution in [0.25, 0.3) is 11.1 Å². The topological polar surface area (TPSA) is 86.7 Å². The minimum Gasteiger partial charge on any atom is -0.266 e. The van der Waals surface area contributed by atoms with Gasteiger partial charge in [-0.15, -0.1) is 0 Å². The van der Waals surface area contributed by atoms with E-state index in [2.05, 4.69) is 0 Å². The fraction of sp³-hybridized carbons (Fsp3) is 0.333. The van der Waals surface area contributed by atoms with Gasteiger partial charge in [0.2, 0.25) is 0 Å². The zero-order valence-electron chi connectivity index (χ0n) is 15.3. The SMILES string of the molecule is CCCOS(=O)(=O)c1cc(-c2ccc(Cl)c(S(=O)(=O)OCCC)c2)ccc1Cl. The van der Waals surface area contributed by atoms with Crippen LogP contribution in [0.5, 0.6) is 0 Å². The summed E-state index contributed by atoms with van der Waals surface area (Å²) in [5.74, 6) is 0. The molecule has 0 aliphatic rings. The van der Waals surface area contributed by atoms with Crippen molar-refractivity contribution in [2.45, 2.75) is 36.5 Å². The molecule has 10 heteroatoms. The second-order valence-corrected chi connectivity index (χ2v) is 9.82. The van der Waals surface area contributed by atoms with Crippen LogP contribution in [-0.2, 0) is 28.6 Å². The first-order valence-electron chi connectivity index (χ1n) is 8.50. The van der Waals surface area contributed by atoms with Crippen molar-refractivity contribution in [2.75, 3.05) is 13.2 Å². The van der Waals surface area contributed by atoms with E-state index in [0.29, 0.717) is 24.0 Å². The van der Waals surface area contributed by atoms with Crippen LogP contribution in [-0.4, -0.2) is 30.0 Å². The van der Waals surface area contributed by atoms with Gasteiger partial charge in [-0.3, -0.25) is 8.37 Å². The van der Waals surface area contributed by atoms with Crippen LogP contribution < -0.4 is 0 Å². The second kappa shape index (κ2) is 9.56. The lowest BCUT2D eigenvalue weighted by atomic mass is 10.1. The molecule has 0 N–H and O–H groups in total. The van der Waals surface area contributed by atoms with Crippen molar-refractivity contribution in [3.63, 3.8) is 0 Å². The maximum atomic E-state index is 12.4. The molecule has 0 spiro atoms. The maximum absolute atomic E-state index is 12.4. The lowest BCUT2D eigenvalue weighted by molar-refractivity contribution is 0.317. The fourth-order valence-electron chi connectivity index (χ4n) is 2.26. The molecule has 0 unspecified atom stereocenters. The summed E-state index contributed by atoms with van der Waals surface area (Å²) in [7, 11) is -8.09. The zero-order chi connectivity index (χ0) is 20.9. The van der Waals surface area contributed by atoms with Crippen LogP contribution in [0.3, 0.4) is 0 Å². The summed E-state index contributed by atoms with van der Waals surface area (Å²) in [5.41, 5.74) is 0.873. The highest BCUT2D eigenvalue weighted by Crippen LogP contribution is 2.33. The molecule has 0 saturated carbocycles. The van der Waals surface area contributed by atoms with Crippen molar-refractivity contribution in [1.82, 2.24) is 0 Å². The van der Waals surface area contributed by atoms with Crippen LogP contribution in [0, 0.1) is 0 Å². The standard InChI is InChI=1S/C18H20Cl2O6S2/c1-3-9-25-27(21,22)17-11-13(5-7-15(17)19)14-6-8-16(20)18(12-14)28(23,24)26-10-4-2/h5-8,11-12H,3-4,9-10H2,1-2H3. The Kier molecular flexibility index (Phi) is 7.89. The van der Waals surface area contributed by atoms with Gasteiger partial charge < -0.3 is 0 Å². The average molecular weight is 467 g/mol. The van der Waals surface area contributed by atoms with E-state index in [1.165, 1.54) is 24.3 Å². The molecule has 2 aromatic carbocycles. The van der Waals surface area contributed by atoms with Gasteiger partial charge in [-0.25, -0.2) is 0 Å². The molecule has 6 nitrogen and oxygen atoms in total. The third kappa shape index (κ3) is 5.46. The summed E-state index contributed by atoms with van der Waals surface area (Å²) in [6.45, 7) is 3.62. The molecule has 2 aromatic rings. The quantitative estimate of drug-likeness (QED) is 0.488. The smallest absolute Gasteiger partial charge is 0.266 e. The third-order valence-corrected chi connectivity index (χ3v) is 7.21. The number of rotatable bonds is 9. The van der Waals surface area contributed by atoms with E-state index < -0.39 is 20.2 Å². The van der Waals surface area contributed by atoms with E-state index in [0.717, 1.165) is 0 Å². The molecule has 0 atom stereocenters. The average Bonchev–Trinajstić information content (AvgIpc) is 2.65. The third-order valence-electron chi connectivity index (χ3n) is 3.62. The van der Waals surface area contributed by atoms with Crippen molar-refractivity contribution in [1.29, 1.82) is 0 Å². The molecule has 0 aliphatic carbocycles. The Balaban J connectivity index is 2.52. The first-order valence-corrected chi connectivity index (χ1v) is 12.1.